The minimum Gasteiger partial charge on any atom is -0.466 e. The molecule has 5 heteroatoms. The number of ether oxygens (including phenoxy) is 1. The van der Waals surface area contributed by atoms with E-state index in [1.165, 1.54) is 13.2 Å². The molecule has 0 amide bonds. The Hall–Kier alpha value is -4.51. The van der Waals surface area contributed by atoms with Crippen LogP contribution >= 0.6 is 0 Å². The highest BCUT2D eigenvalue weighted by molar-refractivity contribution is 5.92. The van der Waals surface area contributed by atoms with Crippen molar-refractivity contribution in [2.45, 2.75) is 0 Å². The molecule has 3 aromatic carbocycles. The number of hydrogen-bond acceptors (Lipinski definition) is 4. The van der Waals surface area contributed by atoms with E-state index in [1.807, 2.05) is 89.4 Å². The Kier molecular flexibility index (Phi) is 5.52. The summed E-state index contributed by atoms with van der Waals surface area (Å²) in [6.45, 7) is 0. The third-order valence-electron chi connectivity index (χ3n) is 5.40. The molecule has 5 aromatic rings. The fourth-order valence-electron chi connectivity index (χ4n) is 3.79. The lowest BCUT2D eigenvalue weighted by molar-refractivity contribution is -0.134. The monoisotopic (exact) mass is 431 g/mol. The third-order valence-corrected chi connectivity index (χ3v) is 5.40. The van der Waals surface area contributed by atoms with Gasteiger partial charge in [0.15, 0.2) is 5.65 Å². The number of rotatable bonds is 5. The molecule has 0 radical (unpaired) electrons. The first-order valence-corrected chi connectivity index (χ1v) is 10.6. The van der Waals surface area contributed by atoms with E-state index in [4.69, 9.17) is 14.8 Å². The van der Waals surface area contributed by atoms with Crippen LogP contribution in [-0.2, 0) is 9.53 Å². The Morgan fingerprint density at radius 1 is 0.818 bits per heavy atom. The van der Waals surface area contributed by atoms with Crippen molar-refractivity contribution in [3.8, 4) is 33.8 Å². The summed E-state index contributed by atoms with van der Waals surface area (Å²) in [4.78, 5) is 16.9. The second-order valence-corrected chi connectivity index (χ2v) is 7.48. The van der Waals surface area contributed by atoms with Gasteiger partial charge < -0.3 is 4.74 Å². The molecular formula is C28H21N3O2. The number of nitrogens with zero attached hydrogens (tertiary/aromatic N) is 3. The van der Waals surface area contributed by atoms with E-state index in [1.54, 1.807) is 6.08 Å². The molecule has 0 bridgehead atoms. The fourth-order valence-corrected chi connectivity index (χ4v) is 3.79. The predicted octanol–water partition coefficient (Wildman–Crippen LogP) is 5.92. The van der Waals surface area contributed by atoms with Crippen LogP contribution in [-0.4, -0.2) is 27.7 Å². The minimum absolute atomic E-state index is 0.434. The lowest BCUT2D eigenvalue weighted by atomic mass is 10.1. The summed E-state index contributed by atoms with van der Waals surface area (Å²) in [7, 11) is 1.36. The van der Waals surface area contributed by atoms with Crippen LogP contribution in [0.15, 0.2) is 103 Å². The van der Waals surface area contributed by atoms with Crippen LogP contribution in [0.5, 0.6) is 0 Å². The average molecular weight is 431 g/mol. The van der Waals surface area contributed by atoms with E-state index < -0.39 is 5.97 Å². The molecule has 0 fully saturated rings. The predicted molar refractivity (Wildman–Crippen MR) is 130 cm³/mol. The maximum atomic E-state index is 11.9. The first-order chi connectivity index (χ1) is 16.2. The Morgan fingerprint density at radius 2 is 1.39 bits per heavy atom. The molecule has 0 saturated heterocycles. The largest absolute Gasteiger partial charge is 0.466 e. The highest BCUT2D eigenvalue weighted by atomic mass is 16.5. The second-order valence-electron chi connectivity index (χ2n) is 7.48. The van der Waals surface area contributed by atoms with E-state index in [-0.39, 0.29) is 0 Å². The summed E-state index contributed by atoms with van der Waals surface area (Å²) in [5, 5.41) is 4.95. The SMILES string of the molecule is COC(=O)/C=C/c1c(-c2ccccc2)nn2c(-c3ccccc3)cc(-c3ccccc3)nc12. The number of aromatic nitrogens is 3. The zero-order valence-electron chi connectivity index (χ0n) is 18.1. The van der Waals surface area contributed by atoms with Gasteiger partial charge in [0.1, 0.15) is 5.69 Å². The lowest BCUT2D eigenvalue weighted by Crippen LogP contribution is -1.99. The van der Waals surface area contributed by atoms with Gasteiger partial charge in [0.2, 0.25) is 0 Å². The number of carbonyl (C=O) groups is 1. The van der Waals surface area contributed by atoms with E-state index in [2.05, 4.69) is 12.1 Å². The smallest absolute Gasteiger partial charge is 0.330 e. The molecule has 2 aromatic heterocycles. The van der Waals surface area contributed by atoms with Crippen molar-refractivity contribution in [3.63, 3.8) is 0 Å². The molecule has 0 unspecified atom stereocenters. The Morgan fingerprint density at radius 3 is 2.00 bits per heavy atom. The molecule has 0 atom stereocenters. The highest BCUT2D eigenvalue weighted by Gasteiger charge is 2.19. The maximum Gasteiger partial charge on any atom is 0.330 e. The van der Waals surface area contributed by atoms with Crippen molar-refractivity contribution >= 4 is 17.7 Å². The molecule has 160 valence electrons. The standard InChI is InChI=1S/C28H21N3O2/c1-33-26(32)18-17-23-27(22-15-9-4-10-16-22)30-31-25(21-13-7-3-8-14-21)19-24(29-28(23)31)20-11-5-2-6-12-20/h2-19H,1H3/b18-17+. The Balaban J connectivity index is 1.85. The molecule has 5 rings (SSSR count). The summed E-state index contributed by atoms with van der Waals surface area (Å²) in [6, 6.07) is 32.1. The number of carbonyl (C=O) groups excluding carboxylic acids is 1. The van der Waals surface area contributed by atoms with Gasteiger partial charge in [-0.15, -0.1) is 0 Å². The van der Waals surface area contributed by atoms with Gasteiger partial charge in [-0.3, -0.25) is 0 Å². The van der Waals surface area contributed by atoms with Crippen molar-refractivity contribution in [3.05, 3.63) is 109 Å². The highest BCUT2D eigenvalue weighted by Crippen LogP contribution is 2.32. The van der Waals surface area contributed by atoms with Gasteiger partial charge in [-0.25, -0.2) is 14.3 Å². The van der Waals surface area contributed by atoms with Gasteiger partial charge in [-0.1, -0.05) is 91.0 Å². The Labute approximate surface area is 191 Å². The van der Waals surface area contributed by atoms with Crippen LogP contribution in [0.3, 0.4) is 0 Å². The van der Waals surface area contributed by atoms with Crippen LogP contribution in [0.1, 0.15) is 5.56 Å². The molecule has 0 N–H and O–H groups in total. The molecule has 0 aliphatic heterocycles. The molecule has 33 heavy (non-hydrogen) atoms. The summed E-state index contributed by atoms with van der Waals surface area (Å²) in [6.07, 6.45) is 3.13. The van der Waals surface area contributed by atoms with Gasteiger partial charge in [0, 0.05) is 28.3 Å². The van der Waals surface area contributed by atoms with Crippen molar-refractivity contribution in [1.82, 2.24) is 14.6 Å². The van der Waals surface area contributed by atoms with Gasteiger partial charge >= 0.3 is 5.97 Å². The Bertz CT molecular complexity index is 1440. The first-order valence-electron chi connectivity index (χ1n) is 10.6. The quantitative estimate of drug-likeness (QED) is 0.256. The zero-order chi connectivity index (χ0) is 22.6. The van der Waals surface area contributed by atoms with Gasteiger partial charge in [0.25, 0.3) is 0 Å². The molecule has 0 saturated carbocycles. The molecule has 5 nitrogen and oxygen atoms in total. The van der Waals surface area contributed by atoms with Crippen molar-refractivity contribution in [2.75, 3.05) is 7.11 Å². The minimum atomic E-state index is -0.434. The maximum absolute atomic E-state index is 11.9. The zero-order valence-corrected chi connectivity index (χ0v) is 18.1. The first kappa shape index (κ1) is 20.4. The van der Waals surface area contributed by atoms with E-state index in [0.717, 1.165) is 39.3 Å². The molecular weight excluding hydrogens is 410 g/mol. The van der Waals surface area contributed by atoms with Crippen LogP contribution in [0, 0.1) is 0 Å². The lowest BCUT2D eigenvalue weighted by Gasteiger charge is -2.09. The number of fused-ring (bicyclic) bond motifs is 1. The number of hydrogen-bond donors (Lipinski definition) is 0. The number of esters is 1. The van der Waals surface area contributed by atoms with Crippen molar-refractivity contribution < 1.29 is 9.53 Å². The normalized spacial score (nSPS) is 11.2. The molecule has 0 spiro atoms. The summed E-state index contributed by atoms with van der Waals surface area (Å²) < 4.78 is 6.67. The molecule has 0 aliphatic carbocycles. The average Bonchev–Trinajstić information content (AvgIpc) is 3.26. The fraction of sp³-hybridized carbons (Fsp3) is 0.0357. The van der Waals surface area contributed by atoms with Crippen LogP contribution in [0.25, 0.3) is 45.5 Å². The van der Waals surface area contributed by atoms with Gasteiger partial charge in [-0.05, 0) is 12.1 Å². The number of benzene rings is 3. The van der Waals surface area contributed by atoms with Gasteiger partial charge in [0.05, 0.1) is 18.5 Å². The number of methoxy groups -OCH3 is 1. The van der Waals surface area contributed by atoms with E-state index in [9.17, 15) is 4.79 Å². The van der Waals surface area contributed by atoms with Crippen molar-refractivity contribution in [2.24, 2.45) is 0 Å². The van der Waals surface area contributed by atoms with E-state index >= 15 is 0 Å². The second kappa shape index (κ2) is 8.93. The summed E-state index contributed by atoms with van der Waals surface area (Å²) in [5.41, 5.74) is 6.85. The van der Waals surface area contributed by atoms with Crippen molar-refractivity contribution in [1.29, 1.82) is 0 Å². The summed E-state index contributed by atoms with van der Waals surface area (Å²) >= 11 is 0. The van der Waals surface area contributed by atoms with Crippen LogP contribution in [0.4, 0.5) is 0 Å². The summed E-state index contributed by atoms with van der Waals surface area (Å²) in [5.74, 6) is -0.434. The van der Waals surface area contributed by atoms with Crippen LogP contribution < -0.4 is 0 Å². The third kappa shape index (κ3) is 4.04. The van der Waals surface area contributed by atoms with E-state index in [0.29, 0.717) is 5.65 Å². The molecule has 2 heterocycles. The van der Waals surface area contributed by atoms with Gasteiger partial charge in [-0.2, -0.15) is 5.10 Å². The molecule has 0 aliphatic rings. The van der Waals surface area contributed by atoms with Crippen LogP contribution in [0.2, 0.25) is 0 Å². The topological polar surface area (TPSA) is 56.5 Å².